The minimum atomic E-state index is 0.553. The van der Waals surface area contributed by atoms with E-state index in [1.807, 2.05) is 6.07 Å². The zero-order valence-corrected chi connectivity index (χ0v) is 21.5. The van der Waals surface area contributed by atoms with Crippen molar-refractivity contribution in [1.82, 2.24) is 0 Å². The summed E-state index contributed by atoms with van der Waals surface area (Å²) in [7, 11) is 0. The maximum absolute atomic E-state index is 10.7. The van der Waals surface area contributed by atoms with Crippen LogP contribution in [0.15, 0.2) is 12.1 Å². The average molecular weight is 431 g/mol. The van der Waals surface area contributed by atoms with Gasteiger partial charge in [-0.2, -0.15) is 0 Å². The van der Waals surface area contributed by atoms with Crippen LogP contribution in [0.2, 0.25) is 0 Å². The van der Waals surface area contributed by atoms with E-state index < -0.39 is 0 Å². The zero-order chi connectivity index (χ0) is 22.6. The van der Waals surface area contributed by atoms with E-state index in [-0.39, 0.29) is 0 Å². The van der Waals surface area contributed by atoms with Crippen molar-refractivity contribution < 1.29 is 5.11 Å². The second-order valence-electron chi connectivity index (χ2n) is 9.75. The highest BCUT2D eigenvalue weighted by Gasteiger charge is 2.13. The smallest absolute Gasteiger partial charge is 0.119 e. The van der Waals surface area contributed by atoms with Gasteiger partial charge in [-0.1, -0.05) is 123 Å². The molecule has 1 aromatic rings. The topological polar surface area (TPSA) is 20.2 Å². The highest BCUT2D eigenvalue weighted by molar-refractivity contribution is 5.45. The Morgan fingerprint density at radius 1 is 0.452 bits per heavy atom. The highest BCUT2D eigenvalue weighted by Crippen LogP contribution is 2.30. The first-order valence-corrected chi connectivity index (χ1v) is 14.1. The van der Waals surface area contributed by atoms with Crippen LogP contribution < -0.4 is 0 Å². The first-order chi connectivity index (χ1) is 15.2. The van der Waals surface area contributed by atoms with Gasteiger partial charge in [-0.3, -0.25) is 0 Å². The molecule has 0 atom stereocenters. The van der Waals surface area contributed by atoms with Gasteiger partial charge in [-0.15, -0.1) is 0 Å². The summed E-state index contributed by atoms with van der Waals surface area (Å²) in [5.74, 6) is 0.553. The Labute approximate surface area is 195 Å². The van der Waals surface area contributed by atoms with Gasteiger partial charge >= 0.3 is 0 Å². The largest absolute Gasteiger partial charge is 0.508 e. The Morgan fingerprint density at radius 3 is 1.35 bits per heavy atom. The molecule has 0 aliphatic carbocycles. The molecule has 180 valence electrons. The van der Waals surface area contributed by atoms with E-state index in [4.69, 9.17) is 0 Å². The van der Waals surface area contributed by atoms with Crippen LogP contribution in [0.1, 0.15) is 153 Å². The van der Waals surface area contributed by atoms with Gasteiger partial charge in [-0.05, 0) is 61.3 Å². The molecule has 1 N–H and O–H groups in total. The Hall–Kier alpha value is -0.980. The average Bonchev–Trinajstić information content (AvgIpc) is 2.77. The molecule has 0 amide bonds. The summed E-state index contributed by atoms with van der Waals surface area (Å²) in [6.07, 6.45) is 27.6. The fourth-order valence-electron chi connectivity index (χ4n) is 4.81. The van der Waals surface area contributed by atoms with E-state index in [0.717, 1.165) is 12.8 Å². The summed E-state index contributed by atoms with van der Waals surface area (Å²) >= 11 is 0. The van der Waals surface area contributed by atoms with Gasteiger partial charge in [0, 0.05) is 0 Å². The Kier molecular flexibility index (Phi) is 17.8. The van der Waals surface area contributed by atoms with E-state index >= 15 is 0 Å². The molecule has 0 bridgehead atoms. The number of aromatic hydroxyl groups is 1. The van der Waals surface area contributed by atoms with Crippen molar-refractivity contribution in [3.05, 3.63) is 28.8 Å². The van der Waals surface area contributed by atoms with Crippen LogP contribution in [0.5, 0.6) is 5.75 Å². The predicted octanol–water partition coefficient (Wildman–Crippen LogP) is 10.1. The maximum Gasteiger partial charge on any atom is 0.119 e. The molecule has 1 aromatic carbocycles. The fraction of sp³-hybridized carbons (Fsp3) is 0.800. The zero-order valence-electron chi connectivity index (χ0n) is 21.5. The van der Waals surface area contributed by atoms with Crippen molar-refractivity contribution in [3.8, 4) is 5.75 Å². The maximum atomic E-state index is 10.7. The third kappa shape index (κ3) is 13.2. The van der Waals surface area contributed by atoms with Crippen molar-refractivity contribution in [3.63, 3.8) is 0 Å². The molecule has 31 heavy (non-hydrogen) atoms. The molecule has 1 heteroatoms. The fourth-order valence-corrected chi connectivity index (χ4v) is 4.81. The lowest BCUT2D eigenvalue weighted by atomic mass is 9.89. The number of hydrogen-bond donors (Lipinski definition) is 1. The molecule has 0 spiro atoms. The summed E-state index contributed by atoms with van der Waals surface area (Å²) in [5.41, 5.74) is 4.32. The Morgan fingerprint density at radius 2 is 0.839 bits per heavy atom. The van der Waals surface area contributed by atoms with Gasteiger partial charge in [-0.25, -0.2) is 0 Å². The van der Waals surface area contributed by atoms with Crippen LogP contribution in [0, 0.1) is 0 Å². The minimum Gasteiger partial charge on any atom is -0.508 e. The van der Waals surface area contributed by atoms with Crippen molar-refractivity contribution in [2.24, 2.45) is 0 Å². The van der Waals surface area contributed by atoms with Gasteiger partial charge in [0.1, 0.15) is 5.75 Å². The van der Waals surface area contributed by atoms with E-state index in [9.17, 15) is 5.11 Å². The van der Waals surface area contributed by atoms with Gasteiger partial charge in [0.25, 0.3) is 0 Å². The molecule has 0 aromatic heterocycles. The van der Waals surface area contributed by atoms with Gasteiger partial charge in [0.05, 0.1) is 0 Å². The Bertz CT molecular complexity index is 533. The van der Waals surface area contributed by atoms with E-state index in [1.54, 1.807) is 0 Å². The van der Waals surface area contributed by atoms with Crippen molar-refractivity contribution in [2.75, 3.05) is 0 Å². The predicted molar refractivity (Wildman–Crippen MR) is 139 cm³/mol. The standard InChI is InChI=1S/C30H54O/c1-4-7-10-13-15-17-19-22-27-25-26-30(31)29(24-20-12-9-6-3)28(27)23-21-18-16-14-11-8-5-2/h25-26,31H,4-24H2,1-3H3. The normalized spacial score (nSPS) is 11.3. The lowest BCUT2D eigenvalue weighted by Crippen LogP contribution is -2.03. The second-order valence-corrected chi connectivity index (χ2v) is 9.75. The molecule has 1 nitrogen and oxygen atoms in total. The second kappa shape index (κ2) is 19.7. The lowest BCUT2D eigenvalue weighted by molar-refractivity contribution is 0.463. The summed E-state index contributed by atoms with van der Waals surface area (Å²) < 4.78 is 0. The number of rotatable bonds is 21. The lowest BCUT2D eigenvalue weighted by Gasteiger charge is -2.17. The van der Waals surface area contributed by atoms with Crippen molar-refractivity contribution >= 4 is 0 Å². The van der Waals surface area contributed by atoms with Crippen molar-refractivity contribution in [1.29, 1.82) is 0 Å². The molecule has 0 radical (unpaired) electrons. The van der Waals surface area contributed by atoms with Gasteiger partial charge < -0.3 is 5.11 Å². The molecule has 1 rings (SSSR count). The monoisotopic (exact) mass is 430 g/mol. The first kappa shape index (κ1) is 28.1. The van der Waals surface area contributed by atoms with E-state index in [2.05, 4.69) is 26.8 Å². The number of unbranched alkanes of at least 4 members (excludes halogenated alkanes) is 15. The Balaban J connectivity index is 2.63. The van der Waals surface area contributed by atoms with Crippen LogP contribution in [0.25, 0.3) is 0 Å². The molecule has 0 fully saturated rings. The third-order valence-corrected chi connectivity index (χ3v) is 6.86. The number of phenolic OH excluding ortho intramolecular Hbond substituents is 1. The van der Waals surface area contributed by atoms with Crippen LogP contribution in [-0.2, 0) is 19.3 Å². The molecule has 0 heterocycles. The number of aryl methyl sites for hydroxylation is 1. The van der Waals surface area contributed by atoms with E-state index in [0.29, 0.717) is 5.75 Å². The van der Waals surface area contributed by atoms with Crippen molar-refractivity contribution in [2.45, 2.75) is 156 Å². The molecular formula is C30H54O. The molecule has 0 saturated carbocycles. The molecule has 0 aliphatic rings. The van der Waals surface area contributed by atoms with Crippen LogP contribution in [0.4, 0.5) is 0 Å². The summed E-state index contributed by atoms with van der Waals surface area (Å²) in [6.45, 7) is 6.85. The van der Waals surface area contributed by atoms with Gasteiger partial charge in [0.2, 0.25) is 0 Å². The minimum absolute atomic E-state index is 0.553. The molecular weight excluding hydrogens is 376 g/mol. The first-order valence-electron chi connectivity index (χ1n) is 14.1. The van der Waals surface area contributed by atoms with Crippen LogP contribution in [-0.4, -0.2) is 5.11 Å². The van der Waals surface area contributed by atoms with Crippen LogP contribution in [0.3, 0.4) is 0 Å². The summed E-state index contributed by atoms with van der Waals surface area (Å²) in [6, 6.07) is 4.22. The molecule has 0 unspecified atom stereocenters. The molecule has 0 saturated heterocycles. The summed E-state index contributed by atoms with van der Waals surface area (Å²) in [5, 5.41) is 10.7. The number of hydrogen-bond acceptors (Lipinski definition) is 1. The third-order valence-electron chi connectivity index (χ3n) is 6.86. The quantitative estimate of drug-likeness (QED) is 0.192. The SMILES string of the molecule is CCCCCCCCCc1ccc(O)c(CCCCCC)c1CCCCCCCCC. The van der Waals surface area contributed by atoms with Crippen LogP contribution >= 0.6 is 0 Å². The number of phenols is 1. The summed E-state index contributed by atoms with van der Waals surface area (Å²) in [4.78, 5) is 0. The highest BCUT2D eigenvalue weighted by atomic mass is 16.3. The number of benzene rings is 1. The molecule has 0 aliphatic heterocycles. The van der Waals surface area contributed by atoms with E-state index in [1.165, 1.54) is 139 Å². The van der Waals surface area contributed by atoms with Gasteiger partial charge in [0.15, 0.2) is 0 Å².